The number of rotatable bonds is 87. The van der Waals surface area contributed by atoms with Crippen LogP contribution in [0, 0.1) is 0 Å². The molecule has 0 aromatic heterocycles. The number of ether oxygens (including phenoxy) is 4. The Morgan fingerprint density at radius 1 is 0.291 bits per heavy atom. The average Bonchev–Trinajstić information content (AvgIpc) is 0.985. The van der Waals surface area contributed by atoms with E-state index >= 15 is 0 Å². The van der Waals surface area contributed by atoms with Crippen molar-refractivity contribution < 1.29 is 42.9 Å². The third kappa shape index (κ3) is 86.4. The van der Waals surface area contributed by atoms with Gasteiger partial charge in [0.25, 0.3) is 0 Å². The monoisotopic (exact) mass is 1450 g/mol. The molecular formula is C94H177NO8. The SMILES string of the molecule is CCCCCCC/C=C\C/C=C\C/C=C\CCCCCCCCCCCCCCCCCCCCCCCCCCC(=O)OC(COC(=O)CCCCCCCCCCCCCCCCCCCCCCCCCCCCC/C=C\CCCCCCCCCC)COC(OCC[N+](C)(C)C)C(=O)[O-]. The van der Waals surface area contributed by atoms with Gasteiger partial charge < -0.3 is 33.3 Å². The van der Waals surface area contributed by atoms with Crippen molar-refractivity contribution >= 4 is 17.9 Å². The van der Waals surface area contributed by atoms with Gasteiger partial charge in [-0.3, -0.25) is 9.59 Å². The van der Waals surface area contributed by atoms with Gasteiger partial charge in [0.15, 0.2) is 12.4 Å². The van der Waals surface area contributed by atoms with Crippen molar-refractivity contribution in [2.45, 2.75) is 489 Å². The fourth-order valence-corrected chi connectivity index (χ4v) is 14.1. The molecule has 0 heterocycles. The van der Waals surface area contributed by atoms with Crippen LogP contribution in [0.5, 0.6) is 0 Å². The molecule has 0 saturated heterocycles. The van der Waals surface area contributed by atoms with Gasteiger partial charge in [0, 0.05) is 12.8 Å². The summed E-state index contributed by atoms with van der Waals surface area (Å²) in [7, 11) is 5.96. The van der Waals surface area contributed by atoms with E-state index in [4.69, 9.17) is 18.9 Å². The largest absolute Gasteiger partial charge is 0.545 e. The van der Waals surface area contributed by atoms with Gasteiger partial charge in [-0.2, -0.15) is 0 Å². The number of hydrogen-bond acceptors (Lipinski definition) is 8. The maximum atomic E-state index is 13.0. The summed E-state index contributed by atoms with van der Waals surface area (Å²) in [5.41, 5.74) is 0. The molecule has 0 rings (SSSR count). The number of esters is 2. The van der Waals surface area contributed by atoms with Crippen molar-refractivity contribution in [1.82, 2.24) is 0 Å². The Hall–Kier alpha value is -2.75. The molecule has 0 radical (unpaired) electrons. The predicted molar refractivity (Wildman–Crippen MR) is 445 cm³/mol. The zero-order valence-corrected chi connectivity index (χ0v) is 69.7. The summed E-state index contributed by atoms with van der Waals surface area (Å²) in [6.07, 6.45) is 110. The molecule has 0 bridgehead atoms. The molecule has 0 aliphatic heterocycles. The molecule has 0 aromatic rings. The second-order valence-corrected chi connectivity index (χ2v) is 32.6. The summed E-state index contributed by atoms with van der Waals surface area (Å²) < 4.78 is 22.9. The van der Waals surface area contributed by atoms with Crippen LogP contribution in [0.2, 0.25) is 0 Å². The lowest BCUT2D eigenvalue weighted by Crippen LogP contribution is -2.44. The number of likely N-dealkylation sites (N-methyl/N-ethyl adjacent to an activating group) is 1. The van der Waals surface area contributed by atoms with Gasteiger partial charge in [0.05, 0.1) is 40.3 Å². The minimum atomic E-state index is -1.62. The van der Waals surface area contributed by atoms with E-state index in [2.05, 4.69) is 62.5 Å². The maximum absolute atomic E-state index is 13.0. The van der Waals surface area contributed by atoms with Crippen LogP contribution in [0.4, 0.5) is 0 Å². The minimum absolute atomic E-state index is 0.151. The Labute approximate surface area is 642 Å². The van der Waals surface area contributed by atoms with E-state index in [0.717, 1.165) is 51.4 Å². The van der Waals surface area contributed by atoms with Gasteiger partial charge in [-0.25, -0.2) is 0 Å². The van der Waals surface area contributed by atoms with Gasteiger partial charge in [0.1, 0.15) is 13.2 Å². The van der Waals surface area contributed by atoms with Crippen LogP contribution in [0.15, 0.2) is 48.6 Å². The molecule has 9 nitrogen and oxygen atoms in total. The molecule has 0 aliphatic carbocycles. The first kappa shape index (κ1) is 100. The molecular weight excluding hydrogens is 1270 g/mol. The van der Waals surface area contributed by atoms with Crippen molar-refractivity contribution in [3.05, 3.63) is 48.6 Å². The van der Waals surface area contributed by atoms with Crippen LogP contribution in [0.3, 0.4) is 0 Å². The number of carboxylic acid groups (broad SMARTS) is 1. The average molecular weight is 1450 g/mol. The molecule has 0 aliphatic rings. The quantitative estimate of drug-likeness (QED) is 0.0195. The van der Waals surface area contributed by atoms with E-state index in [9.17, 15) is 19.5 Å². The fourth-order valence-electron chi connectivity index (χ4n) is 14.1. The zero-order chi connectivity index (χ0) is 74.6. The number of hydrogen-bond donors (Lipinski definition) is 0. The van der Waals surface area contributed by atoms with E-state index in [1.54, 1.807) is 0 Å². The molecule has 606 valence electrons. The third-order valence-corrected chi connectivity index (χ3v) is 21.0. The smallest absolute Gasteiger partial charge is 0.306 e. The molecule has 0 fully saturated rings. The van der Waals surface area contributed by atoms with Crippen LogP contribution in [-0.2, 0) is 33.3 Å². The molecule has 9 heteroatoms. The van der Waals surface area contributed by atoms with Crippen molar-refractivity contribution in [3.8, 4) is 0 Å². The topological polar surface area (TPSA) is 111 Å². The summed E-state index contributed by atoms with van der Waals surface area (Å²) in [4.78, 5) is 37.7. The van der Waals surface area contributed by atoms with Gasteiger partial charge in [-0.05, 0) is 77.0 Å². The van der Waals surface area contributed by atoms with Crippen LogP contribution >= 0.6 is 0 Å². The van der Waals surface area contributed by atoms with Crippen LogP contribution < -0.4 is 5.11 Å². The number of carboxylic acids is 1. The first-order valence-electron chi connectivity index (χ1n) is 45.8. The number of aliphatic carboxylic acids is 1. The van der Waals surface area contributed by atoms with Gasteiger partial charge >= 0.3 is 11.9 Å². The first-order valence-corrected chi connectivity index (χ1v) is 45.8. The normalized spacial score (nSPS) is 12.7. The van der Waals surface area contributed by atoms with E-state index in [1.165, 1.54) is 398 Å². The van der Waals surface area contributed by atoms with E-state index in [-0.39, 0.29) is 32.2 Å². The van der Waals surface area contributed by atoms with E-state index in [1.807, 2.05) is 21.1 Å². The van der Waals surface area contributed by atoms with Crippen molar-refractivity contribution in [2.24, 2.45) is 0 Å². The third-order valence-electron chi connectivity index (χ3n) is 21.0. The first-order chi connectivity index (χ1) is 50.6. The molecule has 0 saturated carbocycles. The molecule has 0 N–H and O–H groups in total. The predicted octanol–water partition coefficient (Wildman–Crippen LogP) is 28.6. The van der Waals surface area contributed by atoms with E-state index in [0.29, 0.717) is 17.4 Å². The number of unbranched alkanes of at least 4 members (excludes halogenated alkanes) is 64. The van der Waals surface area contributed by atoms with Gasteiger partial charge in [-0.1, -0.05) is 435 Å². The second kappa shape index (κ2) is 84.9. The van der Waals surface area contributed by atoms with Crippen molar-refractivity contribution in [1.29, 1.82) is 0 Å². The highest BCUT2D eigenvalue weighted by molar-refractivity contribution is 5.70. The summed E-state index contributed by atoms with van der Waals surface area (Å²) in [6.45, 7) is 4.82. The standard InChI is InChI=1S/C94H177NO8/c1-6-8-10-12-14-16-18-20-22-24-26-28-30-32-34-36-38-40-42-44-46-48-50-52-54-56-58-60-62-64-66-68-70-72-74-76-78-80-82-84-91(96)101-88-90(89-102-94(93(98)99)100-87-86-95(3,4)5)103-92(97)85-83-81-79-77-75-73-71-69-67-65-63-61-59-57-55-53-51-49-47-45-43-41-39-37-35-33-31-29-27-25-23-21-19-17-15-13-11-9-7-2/h19,21,24-27,31,33,90,94H,6-18,20,22-23,28-30,32,34-89H2,1-5H3/b21-19-,26-24-,27-25-,33-31-. The maximum Gasteiger partial charge on any atom is 0.306 e. The number of carbonyl (C=O) groups excluding carboxylic acids is 3. The van der Waals surface area contributed by atoms with Crippen molar-refractivity contribution in [2.75, 3.05) is 47.5 Å². The summed E-state index contributed by atoms with van der Waals surface area (Å²) in [6, 6.07) is 0. The summed E-state index contributed by atoms with van der Waals surface area (Å²) in [5, 5.41) is 11.9. The highest BCUT2D eigenvalue weighted by Crippen LogP contribution is 2.21. The molecule has 2 atom stereocenters. The fraction of sp³-hybridized carbons (Fsp3) is 0.883. The zero-order valence-electron chi connectivity index (χ0n) is 69.7. The lowest BCUT2D eigenvalue weighted by atomic mass is 10.0. The minimum Gasteiger partial charge on any atom is -0.545 e. The number of quaternary nitrogens is 1. The lowest BCUT2D eigenvalue weighted by Gasteiger charge is -2.26. The molecule has 0 amide bonds. The second-order valence-electron chi connectivity index (χ2n) is 32.6. The van der Waals surface area contributed by atoms with Gasteiger partial charge in [0.2, 0.25) is 0 Å². The highest BCUT2D eigenvalue weighted by Gasteiger charge is 2.22. The lowest BCUT2D eigenvalue weighted by molar-refractivity contribution is -0.870. The summed E-state index contributed by atoms with van der Waals surface area (Å²) in [5.74, 6) is -2.24. The molecule has 0 spiro atoms. The Morgan fingerprint density at radius 3 is 0.786 bits per heavy atom. The Morgan fingerprint density at radius 2 is 0.524 bits per heavy atom. The van der Waals surface area contributed by atoms with Crippen LogP contribution in [0.25, 0.3) is 0 Å². The van der Waals surface area contributed by atoms with Crippen molar-refractivity contribution in [3.63, 3.8) is 0 Å². The van der Waals surface area contributed by atoms with Gasteiger partial charge in [-0.15, -0.1) is 0 Å². The number of carbonyl (C=O) groups is 3. The number of nitrogens with zero attached hydrogens (tertiary/aromatic N) is 1. The highest BCUT2D eigenvalue weighted by atomic mass is 16.7. The van der Waals surface area contributed by atoms with Crippen LogP contribution in [0.1, 0.15) is 476 Å². The molecule has 0 aromatic carbocycles. The Balaban J connectivity index is 3.89. The summed E-state index contributed by atoms with van der Waals surface area (Å²) >= 11 is 0. The number of allylic oxidation sites excluding steroid dienone is 8. The van der Waals surface area contributed by atoms with E-state index < -0.39 is 24.3 Å². The Kier molecular flexibility index (Phi) is 82.6. The van der Waals surface area contributed by atoms with Crippen LogP contribution in [-0.4, -0.2) is 82.3 Å². The molecule has 103 heavy (non-hydrogen) atoms. The molecule has 2 unspecified atom stereocenters. The Bertz CT molecular complexity index is 1840.